The summed E-state index contributed by atoms with van der Waals surface area (Å²) in [6, 6.07) is 6.41. The van der Waals surface area contributed by atoms with Crippen molar-refractivity contribution >= 4 is 30.6 Å². The lowest BCUT2D eigenvalue weighted by molar-refractivity contribution is 0.394. The molecule has 0 aliphatic rings. The van der Waals surface area contributed by atoms with Crippen LogP contribution in [0.2, 0.25) is 0 Å². The van der Waals surface area contributed by atoms with E-state index in [2.05, 4.69) is 60.3 Å². The molecule has 1 aromatic heterocycles. The van der Waals surface area contributed by atoms with Crippen LogP contribution in [0.3, 0.4) is 0 Å². The van der Waals surface area contributed by atoms with Crippen molar-refractivity contribution in [3.8, 4) is 11.5 Å². The highest BCUT2D eigenvalue weighted by Crippen LogP contribution is 2.30. The Hall–Kier alpha value is -3.45. The first kappa shape index (κ1) is 27.8. The van der Waals surface area contributed by atoms with Gasteiger partial charge in [0.15, 0.2) is 0 Å². The van der Waals surface area contributed by atoms with Crippen LogP contribution < -0.4 is 30.4 Å². The van der Waals surface area contributed by atoms with E-state index in [1.807, 2.05) is 37.3 Å². The zero-order valence-corrected chi connectivity index (χ0v) is 21.9. The predicted molar refractivity (Wildman–Crippen MR) is 148 cm³/mol. The van der Waals surface area contributed by atoms with E-state index < -0.39 is 0 Å². The van der Waals surface area contributed by atoms with Crippen LogP contribution in [0.5, 0.6) is 11.5 Å². The summed E-state index contributed by atoms with van der Waals surface area (Å²) < 4.78 is 11.1. The van der Waals surface area contributed by atoms with Crippen molar-refractivity contribution in [2.24, 2.45) is 4.99 Å². The first-order valence-corrected chi connectivity index (χ1v) is 11.9. The zero-order valence-electron chi connectivity index (χ0n) is 21.9. The summed E-state index contributed by atoms with van der Waals surface area (Å²) in [7, 11) is 3.33. The molecular formula is C28H39N5O2. The van der Waals surface area contributed by atoms with Crippen LogP contribution in [0, 0.1) is 0 Å². The van der Waals surface area contributed by atoms with Crippen LogP contribution in [0.4, 0.5) is 5.69 Å². The van der Waals surface area contributed by atoms with Crippen LogP contribution in [0.15, 0.2) is 47.7 Å². The molecule has 0 spiro atoms. The largest absolute Gasteiger partial charge is 0.497 e. The van der Waals surface area contributed by atoms with Crippen molar-refractivity contribution in [1.29, 1.82) is 0 Å². The number of ether oxygens (including phenoxy) is 2. The third kappa shape index (κ3) is 8.37. The lowest BCUT2D eigenvalue weighted by atomic mass is 10.1. The van der Waals surface area contributed by atoms with Gasteiger partial charge in [0.05, 0.1) is 36.8 Å². The van der Waals surface area contributed by atoms with E-state index in [0.717, 1.165) is 53.3 Å². The first-order valence-electron chi connectivity index (χ1n) is 11.9. The highest BCUT2D eigenvalue weighted by molar-refractivity contribution is 5.62. The lowest BCUT2D eigenvalue weighted by Crippen LogP contribution is -2.42. The second kappa shape index (κ2) is 14.1. The Morgan fingerprint density at radius 2 is 1.89 bits per heavy atom. The third-order valence-corrected chi connectivity index (χ3v) is 5.56. The second-order valence-corrected chi connectivity index (χ2v) is 8.48. The van der Waals surface area contributed by atoms with Gasteiger partial charge < -0.3 is 19.7 Å². The van der Waals surface area contributed by atoms with Crippen molar-refractivity contribution in [2.45, 2.75) is 46.2 Å². The van der Waals surface area contributed by atoms with E-state index in [1.165, 1.54) is 0 Å². The molecular weight excluding hydrogens is 438 g/mol. The average Bonchev–Trinajstić information content (AvgIpc) is 2.86. The van der Waals surface area contributed by atoms with Crippen molar-refractivity contribution in [2.75, 3.05) is 32.2 Å². The molecule has 1 aromatic carbocycles. The standard InChI is InChI=1S/C28H39N5O2/c1-9-23(17-27-22(5)31-19-28(32-27)21(4)11-10-12-29-6)33(14-13-30-20(2)3)24-15-25(34-7)18-26(16-24)35-8/h10-12,15-20,23,30H,5-6,9,13-14H2,1-4,7-8H3/b12-10-,21-11+,27-17+. The topological polar surface area (TPSA) is 71.9 Å². The number of aliphatic imine (C=N–C) groups is 1. The SMILES string of the molecule is C=N/C=C\C=C(/C)c1cnc(=C)/c(=C\C(CC)N(CCNC(C)C)c2cc(OC)cc(OC)c2)n1. The molecule has 1 unspecified atom stereocenters. The van der Waals surface area contributed by atoms with E-state index in [0.29, 0.717) is 11.4 Å². The normalized spacial score (nSPS) is 13.3. The Kier molecular flexibility index (Phi) is 11.2. The molecule has 188 valence electrons. The fraction of sp³-hybridized carbons (Fsp3) is 0.393. The van der Waals surface area contributed by atoms with Gasteiger partial charge in [-0.15, -0.1) is 0 Å². The molecule has 0 aliphatic heterocycles. The molecule has 2 aromatic rings. The quantitative estimate of drug-likeness (QED) is 0.351. The maximum absolute atomic E-state index is 5.54. The number of allylic oxidation sites excluding steroid dienone is 3. The number of nitrogens with zero attached hydrogens (tertiary/aromatic N) is 4. The number of hydrogen-bond donors (Lipinski definition) is 1. The van der Waals surface area contributed by atoms with Gasteiger partial charge >= 0.3 is 0 Å². The van der Waals surface area contributed by atoms with Crippen LogP contribution in [-0.2, 0) is 0 Å². The van der Waals surface area contributed by atoms with Gasteiger partial charge in [-0.2, -0.15) is 0 Å². The number of hydrogen-bond acceptors (Lipinski definition) is 7. The molecule has 0 fully saturated rings. The van der Waals surface area contributed by atoms with Crippen LogP contribution in [0.25, 0.3) is 18.2 Å². The summed E-state index contributed by atoms with van der Waals surface area (Å²) in [6.45, 7) is 17.7. The molecule has 0 aliphatic carbocycles. The number of nitrogens with one attached hydrogen (secondary N) is 1. The van der Waals surface area contributed by atoms with Crippen molar-refractivity contribution in [1.82, 2.24) is 15.3 Å². The minimum absolute atomic E-state index is 0.0555. The summed E-state index contributed by atoms with van der Waals surface area (Å²) >= 11 is 0. The molecule has 7 heteroatoms. The average molecular weight is 478 g/mol. The Morgan fingerprint density at radius 3 is 2.46 bits per heavy atom. The van der Waals surface area contributed by atoms with E-state index in [4.69, 9.17) is 14.5 Å². The Bertz CT molecular complexity index is 1120. The molecule has 7 nitrogen and oxygen atoms in total. The van der Waals surface area contributed by atoms with E-state index in [-0.39, 0.29) is 6.04 Å². The fourth-order valence-electron chi connectivity index (χ4n) is 3.61. The highest BCUT2D eigenvalue weighted by Gasteiger charge is 2.18. The van der Waals surface area contributed by atoms with Crippen molar-refractivity contribution < 1.29 is 9.47 Å². The number of benzene rings is 1. The minimum atomic E-state index is 0.0555. The maximum atomic E-state index is 5.54. The predicted octanol–water partition coefficient (Wildman–Crippen LogP) is 3.59. The van der Waals surface area contributed by atoms with Gasteiger partial charge in [-0.1, -0.05) is 33.4 Å². The first-order chi connectivity index (χ1) is 16.8. The van der Waals surface area contributed by atoms with Crippen molar-refractivity contribution in [3.05, 3.63) is 59.1 Å². The van der Waals surface area contributed by atoms with Crippen LogP contribution in [0.1, 0.15) is 39.8 Å². The van der Waals surface area contributed by atoms with Gasteiger partial charge in [-0.05, 0) is 37.8 Å². The summed E-state index contributed by atoms with van der Waals surface area (Å²) in [5, 5.41) is 4.93. The lowest BCUT2D eigenvalue weighted by Gasteiger charge is -2.32. The van der Waals surface area contributed by atoms with Gasteiger partial charge in [0.2, 0.25) is 0 Å². The molecule has 2 rings (SSSR count). The minimum Gasteiger partial charge on any atom is -0.497 e. The summed E-state index contributed by atoms with van der Waals surface area (Å²) in [4.78, 5) is 15.5. The monoisotopic (exact) mass is 477 g/mol. The number of anilines is 1. The second-order valence-electron chi connectivity index (χ2n) is 8.48. The van der Waals surface area contributed by atoms with E-state index >= 15 is 0 Å². The van der Waals surface area contributed by atoms with Gasteiger partial charge in [0.1, 0.15) is 11.5 Å². The fourth-order valence-corrected chi connectivity index (χ4v) is 3.61. The molecule has 1 atom stereocenters. The molecule has 35 heavy (non-hydrogen) atoms. The van der Waals surface area contributed by atoms with Crippen molar-refractivity contribution in [3.63, 3.8) is 0 Å². The smallest absolute Gasteiger partial charge is 0.124 e. The molecule has 0 saturated heterocycles. The number of aromatic nitrogens is 2. The highest BCUT2D eigenvalue weighted by atomic mass is 16.5. The van der Waals surface area contributed by atoms with Crippen LogP contribution >= 0.6 is 0 Å². The van der Waals surface area contributed by atoms with Gasteiger partial charge in [0.25, 0.3) is 0 Å². The molecule has 0 saturated carbocycles. The summed E-state index contributed by atoms with van der Waals surface area (Å²) in [5.74, 6) is 1.50. The molecule has 0 amide bonds. The van der Waals surface area contributed by atoms with Gasteiger partial charge in [0, 0.05) is 55.3 Å². The van der Waals surface area contributed by atoms with E-state index in [9.17, 15) is 0 Å². The summed E-state index contributed by atoms with van der Waals surface area (Å²) in [6.07, 6.45) is 10.2. The zero-order chi connectivity index (χ0) is 25.8. The summed E-state index contributed by atoms with van der Waals surface area (Å²) in [5.41, 5.74) is 2.79. The number of methoxy groups -OCH3 is 2. The molecule has 1 heterocycles. The Labute approximate surface area is 209 Å². The molecule has 0 radical (unpaired) electrons. The molecule has 0 bridgehead atoms. The number of rotatable bonds is 13. The molecule has 1 N–H and O–H groups in total. The Balaban J connectivity index is 2.56. The third-order valence-electron chi connectivity index (χ3n) is 5.56. The Morgan fingerprint density at radius 1 is 1.20 bits per heavy atom. The maximum Gasteiger partial charge on any atom is 0.124 e. The van der Waals surface area contributed by atoms with Gasteiger partial charge in [-0.25, -0.2) is 4.98 Å². The van der Waals surface area contributed by atoms with Crippen LogP contribution in [-0.4, -0.2) is 56.1 Å². The van der Waals surface area contributed by atoms with E-state index in [1.54, 1.807) is 26.6 Å². The van der Waals surface area contributed by atoms with Gasteiger partial charge in [-0.3, -0.25) is 9.98 Å².